The van der Waals surface area contributed by atoms with Gasteiger partial charge in [0.25, 0.3) is 0 Å². The molecule has 2 unspecified atom stereocenters. The molecule has 106 valence electrons. The molecule has 4 nitrogen and oxygen atoms in total. The summed E-state index contributed by atoms with van der Waals surface area (Å²) in [5, 5.41) is 9.35. The van der Waals surface area contributed by atoms with Gasteiger partial charge < -0.3 is 10.0 Å². The Bertz CT molecular complexity index is 533. The molecule has 0 radical (unpaired) electrons. The van der Waals surface area contributed by atoms with E-state index in [9.17, 15) is 14.7 Å². The van der Waals surface area contributed by atoms with Crippen molar-refractivity contribution in [1.82, 2.24) is 4.90 Å². The van der Waals surface area contributed by atoms with E-state index in [1.165, 1.54) is 18.4 Å². The molecule has 2 atom stereocenters. The molecule has 4 heteroatoms. The third-order valence-electron chi connectivity index (χ3n) is 4.42. The van der Waals surface area contributed by atoms with Crippen LogP contribution in [0.1, 0.15) is 49.3 Å². The zero-order chi connectivity index (χ0) is 14.3. The normalized spacial score (nSPS) is 26.1. The van der Waals surface area contributed by atoms with E-state index in [4.69, 9.17) is 0 Å². The molecule has 2 fully saturated rings. The number of benzene rings is 1. The van der Waals surface area contributed by atoms with E-state index in [0.29, 0.717) is 12.5 Å². The molecule has 1 amide bonds. The van der Waals surface area contributed by atoms with Crippen LogP contribution in [0.5, 0.6) is 0 Å². The predicted octanol–water partition coefficient (Wildman–Crippen LogP) is 2.56. The Morgan fingerprint density at radius 3 is 2.35 bits per heavy atom. The number of aliphatic carboxylic acids is 1. The lowest BCUT2D eigenvalue weighted by Crippen LogP contribution is -2.30. The van der Waals surface area contributed by atoms with Gasteiger partial charge in [0.2, 0.25) is 5.91 Å². The molecule has 1 saturated carbocycles. The maximum atomic E-state index is 12.0. The highest BCUT2D eigenvalue weighted by Gasteiger charge is 2.43. The van der Waals surface area contributed by atoms with Gasteiger partial charge in [-0.25, -0.2) is 0 Å². The summed E-state index contributed by atoms with van der Waals surface area (Å²) in [6.45, 7) is 2.45. The average Bonchev–Trinajstić information content (AvgIpc) is 3.22. The smallest absolute Gasteiger partial charge is 0.309 e. The summed E-state index contributed by atoms with van der Waals surface area (Å²) in [6, 6.07) is 7.84. The van der Waals surface area contributed by atoms with Gasteiger partial charge in [-0.1, -0.05) is 24.3 Å². The van der Waals surface area contributed by atoms with Gasteiger partial charge in [-0.3, -0.25) is 9.59 Å². The van der Waals surface area contributed by atoms with Crippen LogP contribution in [-0.2, 0) is 9.59 Å². The second-order valence-corrected chi connectivity index (χ2v) is 5.71. The van der Waals surface area contributed by atoms with E-state index in [1.54, 1.807) is 4.90 Å². The fourth-order valence-corrected chi connectivity index (χ4v) is 3.18. The maximum Gasteiger partial charge on any atom is 0.309 e. The summed E-state index contributed by atoms with van der Waals surface area (Å²) in [6.07, 6.45) is 2.61. The van der Waals surface area contributed by atoms with Gasteiger partial charge in [0, 0.05) is 13.0 Å². The van der Waals surface area contributed by atoms with Crippen molar-refractivity contribution in [2.24, 2.45) is 5.92 Å². The van der Waals surface area contributed by atoms with Crippen LogP contribution in [0.15, 0.2) is 24.3 Å². The number of rotatable bonds is 4. The molecule has 1 aromatic rings. The number of carbonyl (C=O) groups is 2. The highest BCUT2D eigenvalue weighted by atomic mass is 16.4. The topological polar surface area (TPSA) is 57.6 Å². The maximum absolute atomic E-state index is 12.0. The van der Waals surface area contributed by atoms with Crippen LogP contribution in [0.3, 0.4) is 0 Å². The third kappa shape index (κ3) is 2.19. The minimum absolute atomic E-state index is 0.0591. The van der Waals surface area contributed by atoms with Gasteiger partial charge in [0.15, 0.2) is 0 Å². The molecule has 1 aromatic carbocycles. The molecule has 3 rings (SSSR count). The Labute approximate surface area is 118 Å². The highest BCUT2D eigenvalue weighted by molar-refractivity contribution is 5.87. The van der Waals surface area contributed by atoms with Crippen molar-refractivity contribution in [3.63, 3.8) is 0 Å². The number of carbonyl (C=O) groups excluding carboxylic acids is 1. The van der Waals surface area contributed by atoms with E-state index in [2.05, 4.69) is 12.1 Å². The summed E-state index contributed by atoms with van der Waals surface area (Å²) in [4.78, 5) is 25.0. The lowest BCUT2D eigenvalue weighted by Gasteiger charge is -2.26. The third-order valence-corrected chi connectivity index (χ3v) is 4.42. The monoisotopic (exact) mass is 273 g/mol. The van der Waals surface area contributed by atoms with Crippen LogP contribution in [0.25, 0.3) is 0 Å². The first-order chi connectivity index (χ1) is 9.61. The second kappa shape index (κ2) is 4.93. The SMILES string of the molecule is CCN1C(=O)CC(C(=O)O)C1c1ccc(C2CC2)cc1. The van der Waals surface area contributed by atoms with E-state index in [1.807, 2.05) is 19.1 Å². The Kier molecular flexibility index (Phi) is 3.24. The van der Waals surface area contributed by atoms with Crippen molar-refractivity contribution in [2.45, 2.75) is 38.1 Å². The lowest BCUT2D eigenvalue weighted by molar-refractivity contribution is -0.142. The molecule has 1 aliphatic carbocycles. The van der Waals surface area contributed by atoms with E-state index < -0.39 is 11.9 Å². The molecule has 0 bridgehead atoms. The van der Waals surface area contributed by atoms with Crippen molar-refractivity contribution in [1.29, 1.82) is 0 Å². The van der Waals surface area contributed by atoms with Gasteiger partial charge in [0.05, 0.1) is 12.0 Å². The first-order valence-corrected chi connectivity index (χ1v) is 7.24. The molecule has 2 aliphatic rings. The number of nitrogens with zero attached hydrogens (tertiary/aromatic N) is 1. The number of carboxylic acids is 1. The van der Waals surface area contributed by atoms with Crippen LogP contribution < -0.4 is 0 Å². The van der Waals surface area contributed by atoms with E-state index >= 15 is 0 Å². The molecule has 1 saturated heterocycles. The minimum Gasteiger partial charge on any atom is -0.481 e. The highest BCUT2D eigenvalue weighted by Crippen LogP contribution is 2.42. The minimum atomic E-state index is -0.884. The summed E-state index contributed by atoms with van der Waals surface area (Å²) >= 11 is 0. The summed E-state index contributed by atoms with van der Waals surface area (Å²) in [5.41, 5.74) is 2.27. The first kappa shape index (κ1) is 13.2. The number of hydrogen-bond acceptors (Lipinski definition) is 2. The van der Waals surface area contributed by atoms with Crippen molar-refractivity contribution in [3.05, 3.63) is 35.4 Å². The first-order valence-electron chi connectivity index (χ1n) is 7.24. The number of amides is 1. The largest absolute Gasteiger partial charge is 0.481 e. The lowest BCUT2D eigenvalue weighted by atomic mass is 9.92. The quantitative estimate of drug-likeness (QED) is 0.917. The van der Waals surface area contributed by atoms with Gasteiger partial charge in [0.1, 0.15) is 0 Å². The van der Waals surface area contributed by atoms with Gasteiger partial charge in [-0.15, -0.1) is 0 Å². The van der Waals surface area contributed by atoms with Gasteiger partial charge in [-0.2, -0.15) is 0 Å². The average molecular weight is 273 g/mol. The van der Waals surface area contributed by atoms with Crippen molar-refractivity contribution in [3.8, 4) is 0 Å². The molecule has 0 spiro atoms. The molecule has 0 aromatic heterocycles. The standard InChI is InChI=1S/C16H19NO3/c1-2-17-14(18)9-13(16(19)20)15(17)12-7-5-11(6-8-12)10-3-4-10/h5-8,10,13,15H,2-4,9H2,1H3,(H,19,20). The van der Waals surface area contributed by atoms with Crippen LogP contribution in [-0.4, -0.2) is 28.4 Å². The zero-order valence-corrected chi connectivity index (χ0v) is 11.6. The number of hydrogen-bond donors (Lipinski definition) is 1. The van der Waals surface area contributed by atoms with Crippen molar-refractivity contribution in [2.75, 3.05) is 6.54 Å². The summed E-state index contributed by atoms with van der Waals surface area (Å²) in [5.74, 6) is -0.886. The Hall–Kier alpha value is -1.84. The number of likely N-dealkylation sites (tertiary alicyclic amines) is 1. The molecule has 1 N–H and O–H groups in total. The van der Waals surface area contributed by atoms with Gasteiger partial charge >= 0.3 is 5.97 Å². The van der Waals surface area contributed by atoms with Crippen LogP contribution in [0.4, 0.5) is 0 Å². The van der Waals surface area contributed by atoms with Gasteiger partial charge in [-0.05, 0) is 36.8 Å². The summed E-state index contributed by atoms with van der Waals surface area (Å²) < 4.78 is 0. The fraction of sp³-hybridized carbons (Fsp3) is 0.500. The fourth-order valence-electron chi connectivity index (χ4n) is 3.18. The van der Waals surface area contributed by atoms with E-state index in [0.717, 1.165) is 5.56 Å². The molecule has 20 heavy (non-hydrogen) atoms. The predicted molar refractivity (Wildman–Crippen MR) is 74.3 cm³/mol. The van der Waals surface area contributed by atoms with Crippen LogP contribution in [0, 0.1) is 5.92 Å². The molecule has 1 aliphatic heterocycles. The summed E-state index contributed by atoms with van der Waals surface area (Å²) in [7, 11) is 0. The molecular weight excluding hydrogens is 254 g/mol. The molecular formula is C16H19NO3. The number of carboxylic acid groups (broad SMARTS) is 1. The van der Waals surface area contributed by atoms with E-state index in [-0.39, 0.29) is 18.4 Å². The van der Waals surface area contributed by atoms with Crippen LogP contribution in [0.2, 0.25) is 0 Å². The van der Waals surface area contributed by atoms with Crippen molar-refractivity contribution < 1.29 is 14.7 Å². The Morgan fingerprint density at radius 2 is 1.85 bits per heavy atom. The van der Waals surface area contributed by atoms with Crippen LogP contribution >= 0.6 is 0 Å². The Balaban J connectivity index is 1.91. The molecule has 1 heterocycles. The zero-order valence-electron chi connectivity index (χ0n) is 11.6. The van der Waals surface area contributed by atoms with Crippen molar-refractivity contribution >= 4 is 11.9 Å². The Morgan fingerprint density at radius 1 is 1.25 bits per heavy atom. The second-order valence-electron chi connectivity index (χ2n) is 5.71.